The van der Waals surface area contributed by atoms with Crippen molar-refractivity contribution in [3.05, 3.63) is 54.1 Å². The second-order valence-corrected chi connectivity index (χ2v) is 8.64. The lowest BCUT2D eigenvalue weighted by atomic mass is 10.2. The smallest absolute Gasteiger partial charge is 0.321 e. The van der Waals surface area contributed by atoms with Crippen molar-refractivity contribution in [1.29, 1.82) is 0 Å². The number of nitrogens with one attached hydrogen (secondary N) is 1. The third-order valence-electron chi connectivity index (χ3n) is 6.34. The molecular weight excluding hydrogens is 374 g/mol. The Labute approximate surface area is 180 Å². The summed E-state index contributed by atoms with van der Waals surface area (Å²) in [5.74, 6) is 0. The van der Waals surface area contributed by atoms with Crippen LogP contribution in [0, 0.1) is 6.92 Å². The zero-order chi connectivity index (χ0) is 21.1. The summed E-state index contributed by atoms with van der Waals surface area (Å²) < 4.78 is 0. The molecule has 0 saturated carbocycles. The molecule has 0 spiro atoms. The van der Waals surface area contributed by atoms with Gasteiger partial charge in [-0.3, -0.25) is 0 Å². The van der Waals surface area contributed by atoms with Crippen LogP contribution in [0.3, 0.4) is 0 Å². The molecule has 1 unspecified atom stereocenters. The second-order valence-electron chi connectivity index (χ2n) is 8.64. The fraction of sp³-hybridized carbons (Fsp3) is 0.458. The van der Waals surface area contributed by atoms with E-state index in [4.69, 9.17) is 0 Å². The first-order valence-corrected chi connectivity index (χ1v) is 10.9. The number of urea groups is 1. The maximum Gasteiger partial charge on any atom is 0.321 e. The number of hydrogen-bond acceptors (Lipinski definition) is 4. The van der Waals surface area contributed by atoms with Gasteiger partial charge in [0.25, 0.3) is 0 Å². The maximum absolute atomic E-state index is 12.7. The number of benzene rings is 2. The molecular formula is C24H33N5O. The van der Waals surface area contributed by atoms with Gasteiger partial charge in [-0.05, 0) is 63.8 Å². The Bertz CT molecular complexity index is 841. The van der Waals surface area contributed by atoms with Gasteiger partial charge >= 0.3 is 6.03 Å². The van der Waals surface area contributed by atoms with Crippen molar-refractivity contribution >= 4 is 23.1 Å². The standard InChI is InChI=1S/C24H33N5O/c1-19-4-8-21(9-5-19)27-14-16-28(17-15-27)24(30)25-20-6-10-22(11-7-20)29-13-12-23(18-29)26(2)3/h4-11,23H,12-18H2,1-3H3,(H,25,30). The molecule has 0 radical (unpaired) electrons. The Kier molecular flexibility index (Phi) is 6.13. The van der Waals surface area contributed by atoms with E-state index in [1.54, 1.807) is 0 Å². The van der Waals surface area contributed by atoms with E-state index in [0.29, 0.717) is 6.04 Å². The summed E-state index contributed by atoms with van der Waals surface area (Å²) in [7, 11) is 4.29. The van der Waals surface area contributed by atoms with Crippen LogP contribution < -0.4 is 15.1 Å². The number of nitrogens with zero attached hydrogens (tertiary/aromatic N) is 4. The van der Waals surface area contributed by atoms with Crippen LogP contribution in [0.5, 0.6) is 0 Å². The minimum atomic E-state index is -0.0137. The van der Waals surface area contributed by atoms with Crippen LogP contribution in [0.1, 0.15) is 12.0 Å². The van der Waals surface area contributed by atoms with Gasteiger partial charge in [-0.1, -0.05) is 17.7 Å². The van der Waals surface area contributed by atoms with Crippen molar-refractivity contribution in [1.82, 2.24) is 9.80 Å². The zero-order valence-corrected chi connectivity index (χ0v) is 18.3. The lowest BCUT2D eigenvalue weighted by molar-refractivity contribution is 0.208. The molecule has 30 heavy (non-hydrogen) atoms. The van der Waals surface area contributed by atoms with Gasteiger partial charge in [-0.15, -0.1) is 0 Å². The molecule has 2 fully saturated rings. The van der Waals surface area contributed by atoms with Crippen LogP contribution in [0.25, 0.3) is 0 Å². The van der Waals surface area contributed by atoms with E-state index < -0.39 is 0 Å². The van der Waals surface area contributed by atoms with Gasteiger partial charge in [0.15, 0.2) is 0 Å². The number of carbonyl (C=O) groups is 1. The Hall–Kier alpha value is -2.73. The quantitative estimate of drug-likeness (QED) is 0.843. The highest BCUT2D eigenvalue weighted by molar-refractivity contribution is 5.89. The summed E-state index contributed by atoms with van der Waals surface area (Å²) in [6.07, 6.45) is 1.19. The molecule has 0 bridgehead atoms. The number of aryl methyl sites for hydroxylation is 1. The van der Waals surface area contributed by atoms with Crippen molar-refractivity contribution in [2.75, 3.05) is 68.5 Å². The Morgan fingerprint density at radius 1 is 0.867 bits per heavy atom. The molecule has 6 nitrogen and oxygen atoms in total. The molecule has 2 saturated heterocycles. The number of carbonyl (C=O) groups excluding carboxylic acids is 1. The van der Waals surface area contributed by atoms with Gasteiger partial charge in [-0.2, -0.15) is 0 Å². The van der Waals surface area contributed by atoms with E-state index >= 15 is 0 Å². The zero-order valence-electron chi connectivity index (χ0n) is 18.3. The summed E-state index contributed by atoms with van der Waals surface area (Å²) >= 11 is 0. The van der Waals surface area contributed by atoms with Crippen LogP contribution in [-0.2, 0) is 0 Å². The van der Waals surface area contributed by atoms with Gasteiger partial charge in [0.2, 0.25) is 0 Å². The van der Waals surface area contributed by atoms with Crippen molar-refractivity contribution in [3.8, 4) is 0 Å². The minimum Gasteiger partial charge on any atom is -0.370 e. The van der Waals surface area contributed by atoms with Crippen molar-refractivity contribution < 1.29 is 4.79 Å². The Morgan fingerprint density at radius 2 is 1.47 bits per heavy atom. The van der Waals surface area contributed by atoms with E-state index in [-0.39, 0.29) is 6.03 Å². The topological polar surface area (TPSA) is 42.1 Å². The third kappa shape index (κ3) is 4.70. The van der Waals surface area contributed by atoms with Crippen LogP contribution in [0.2, 0.25) is 0 Å². The molecule has 2 aromatic carbocycles. The summed E-state index contributed by atoms with van der Waals surface area (Å²) in [5.41, 5.74) is 4.58. The van der Waals surface area contributed by atoms with E-state index in [0.717, 1.165) is 45.0 Å². The summed E-state index contributed by atoms with van der Waals surface area (Å²) in [6.45, 7) is 7.43. The number of likely N-dealkylation sites (N-methyl/N-ethyl adjacent to an activating group) is 1. The number of anilines is 3. The monoisotopic (exact) mass is 407 g/mol. The molecule has 2 heterocycles. The average molecular weight is 408 g/mol. The Balaban J connectivity index is 1.28. The molecule has 4 rings (SSSR count). The van der Waals surface area contributed by atoms with E-state index in [9.17, 15) is 4.79 Å². The molecule has 2 aliphatic rings. The first-order valence-electron chi connectivity index (χ1n) is 10.9. The van der Waals surface area contributed by atoms with Crippen LogP contribution in [-0.4, -0.2) is 75.2 Å². The number of piperazine rings is 1. The fourth-order valence-electron chi connectivity index (χ4n) is 4.28. The van der Waals surface area contributed by atoms with Gasteiger partial charge in [0, 0.05) is 62.4 Å². The SMILES string of the molecule is Cc1ccc(N2CCN(C(=O)Nc3ccc(N4CCC(N(C)C)C4)cc3)CC2)cc1. The fourth-order valence-corrected chi connectivity index (χ4v) is 4.28. The molecule has 0 aliphatic carbocycles. The van der Waals surface area contributed by atoms with Crippen LogP contribution in [0.4, 0.5) is 21.9 Å². The van der Waals surface area contributed by atoms with Gasteiger partial charge < -0.3 is 24.9 Å². The number of hydrogen-bond donors (Lipinski definition) is 1. The van der Waals surface area contributed by atoms with Gasteiger partial charge in [0.1, 0.15) is 0 Å². The number of rotatable bonds is 4. The molecule has 2 aromatic rings. The first kappa shape index (κ1) is 20.5. The lowest BCUT2D eigenvalue weighted by Crippen LogP contribution is -2.50. The number of amides is 2. The van der Waals surface area contributed by atoms with Gasteiger partial charge in [0.05, 0.1) is 0 Å². The molecule has 2 aliphatic heterocycles. The van der Waals surface area contributed by atoms with Crippen molar-refractivity contribution in [2.45, 2.75) is 19.4 Å². The van der Waals surface area contributed by atoms with Crippen molar-refractivity contribution in [3.63, 3.8) is 0 Å². The van der Waals surface area contributed by atoms with E-state index in [2.05, 4.69) is 77.4 Å². The van der Waals surface area contributed by atoms with Crippen LogP contribution in [0.15, 0.2) is 48.5 Å². The summed E-state index contributed by atoms with van der Waals surface area (Å²) in [4.78, 5) is 21.7. The largest absolute Gasteiger partial charge is 0.370 e. The van der Waals surface area contributed by atoms with Crippen molar-refractivity contribution in [2.24, 2.45) is 0 Å². The average Bonchev–Trinajstić information content (AvgIpc) is 3.26. The molecule has 0 aromatic heterocycles. The van der Waals surface area contributed by atoms with Gasteiger partial charge in [-0.25, -0.2) is 4.79 Å². The predicted octanol–water partition coefficient (Wildman–Crippen LogP) is 3.49. The molecule has 1 N–H and O–H groups in total. The van der Waals surface area contributed by atoms with E-state index in [1.165, 1.54) is 23.4 Å². The van der Waals surface area contributed by atoms with Crippen LogP contribution >= 0.6 is 0 Å². The predicted molar refractivity (Wildman–Crippen MR) is 125 cm³/mol. The molecule has 160 valence electrons. The molecule has 6 heteroatoms. The van der Waals surface area contributed by atoms with E-state index in [1.807, 2.05) is 17.0 Å². The highest BCUT2D eigenvalue weighted by atomic mass is 16.2. The first-order chi connectivity index (χ1) is 14.5. The Morgan fingerprint density at radius 3 is 2.07 bits per heavy atom. The normalized spacial score (nSPS) is 19.5. The second kappa shape index (κ2) is 8.96. The minimum absolute atomic E-state index is 0.0137. The third-order valence-corrected chi connectivity index (χ3v) is 6.34. The highest BCUT2D eigenvalue weighted by Gasteiger charge is 2.24. The molecule has 2 amide bonds. The lowest BCUT2D eigenvalue weighted by Gasteiger charge is -2.36. The summed E-state index contributed by atoms with van der Waals surface area (Å²) in [6, 6.07) is 17.5. The summed E-state index contributed by atoms with van der Waals surface area (Å²) in [5, 5.41) is 3.06. The highest BCUT2D eigenvalue weighted by Crippen LogP contribution is 2.24. The maximum atomic E-state index is 12.7. The molecule has 1 atom stereocenters.